The highest BCUT2D eigenvalue weighted by molar-refractivity contribution is 5.82. The number of anilines is 1. The van der Waals surface area contributed by atoms with E-state index in [1.165, 1.54) is 18.2 Å². The van der Waals surface area contributed by atoms with Crippen LogP contribution in [-0.4, -0.2) is 27.9 Å². The quantitative estimate of drug-likeness (QED) is 0.493. The number of nitrogens with two attached hydrogens (primary N) is 1. The maximum absolute atomic E-state index is 11.6. The molecule has 0 saturated heterocycles. The highest BCUT2D eigenvalue weighted by Gasteiger charge is 2.25. The second-order valence-corrected chi connectivity index (χ2v) is 5.24. The minimum Gasteiger partial charge on any atom is -0.506 e. The van der Waals surface area contributed by atoms with Gasteiger partial charge in [-0.2, -0.15) is 0 Å². The number of nitrogens with one attached hydrogen (secondary N) is 1. The van der Waals surface area contributed by atoms with E-state index in [0.29, 0.717) is 0 Å². The third-order valence-corrected chi connectivity index (χ3v) is 2.29. The molecular weight excluding hydrogens is 264 g/mol. The molecule has 0 heterocycles. The van der Waals surface area contributed by atoms with E-state index in [4.69, 9.17) is 15.6 Å². The molecule has 0 unspecified atom stereocenters. The van der Waals surface area contributed by atoms with Crippen molar-refractivity contribution in [2.24, 2.45) is 0 Å². The first-order valence-corrected chi connectivity index (χ1v) is 5.91. The van der Waals surface area contributed by atoms with Crippen LogP contribution in [0.25, 0.3) is 0 Å². The number of hydrogen-bond donors (Lipinski definition) is 4. The molecule has 7 heteroatoms. The van der Waals surface area contributed by atoms with Crippen molar-refractivity contribution in [2.75, 3.05) is 5.73 Å². The largest absolute Gasteiger partial charge is 0.506 e. The minimum absolute atomic E-state index is 0.0275. The lowest BCUT2D eigenvalue weighted by molar-refractivity contribution is -0.139. The summed E-state index contributed by atoms with van der Waals surface area (Å²) < 4.78 is 5.00. The molecule has 0 aliphatic rings. The fourth-order valence-electron chi connectivity index (χ4n) is 1.47. The van der Waals surface area contributed by atoms with Gasteiger partial charge in [-0.05, 0) is 38.5 Å². The Hall–Kier alpha value is -2.44. The van der Waals surface area contributed by atoms with Crippen molar-refractivity contribution in [2.45, 2.75) is 32.4 Å². The number of hydrogen-bond acceptors (Lipinski definition) is 5. The molecule has 1 rings (SSSR count). The monoisotopic (exact) mass is 282 g/mol. The van der Waals surface area contributed by atoms with Gasteiger partial charge in [-0.15, -0.1) is 0 Å². The molecule has 1 amide bonds. The van der Waals surface area contributed by atoms with Crippen molar-refractivity contribution in [3.63, 3.8) is 0 Å². The fraction of sp³-hybridized carbons (Fsp3) is 0.385. The minimum atomic E-state index is -1.31. The van der Waals surface area contributed by atoms with E-state index < -0.39 is 23.7 Å². The van der Waals surface area contributed by atoms with Gasteiger partial charge in [0.2, 0.25) is 0 Å². The summed E-state index contributed by atoms with van der Waals surface area (Å²) in [5, 5.41) is 20.7. The third-order valence-electron chi connectivity index (χ3n) is 2.29. The molecule has 0 radical (unpaired) electrons. The molecule has 1 atom stereocenters. The molecule has 110 valence electrons. The number of phenols is 1. The zero-order chi connectivity index (χ0) is 15.5. The van der Waals surface area contributed by atoms with Crippen molar-refractivity contribution in [1.29, 1.82) is 0 Å². The number of carboxylic acids is 1. The molecule has 0 aliphatic heterocycles. The fourth-order valence-corrected chi connectivity index (χ4v) is 1.47. The highest BCUT2D eigenvalue weighted by Crippen LogP contribution is 2.24. The first kappa shape index (κ1) is 15.6. The van der Waals surface area contributed by atoms with Crippen molar-refractivity contribution in [3.05, 3.63) is 23.8 Å². The molecule has 0 spiro atoms. The van der Waals surface area contributed by atoms with E-state index in [1.54, 1.807) is 20.8 Å². The lowest BCUT2D eigenvalue weighted by Crippen LogP contribution is -2.38. The average molecular weight is 282 g/mol. The van der Waals surface area contributed by atoms with Gasteiger partial charge in [0.15, 0.2) is 6.04 Å². The molecule has 0 saturated carbocycles. The first-order valence-electron chi connectivity index (χ1n) is 5.91. The predicted octanol–water partition coefficient (Wildman–Crippen LogP) is 1.62. The number of amides is 1. The number of aromatic hydroxyl groups is 1. The van der Waals surface area contributed by atoms with Crippen LogP contribution in [0.1, 0.15) is 32.4 Å². The second kappa shape index (κ2) is 5.68. The summed E-state index contributed by atoms with van der Waals surface area (Å²) in [4.78, 5) is 22.8. The Bertz CT molecular complexity index is 522. The van der Waals surface area contributed by atoms with E-state index in [2.05, 4.69) is 5.32 Å². The maximum atomic E-state index is 11.6. The van der Waals surface area contributed by atoms with Crippen molar-refractivity contribution >= 4 is 17.7 Å². The van der Waals surface area contributed by atoms with Gasteiger partial charge in [-0.25, -0.2) is 9.59 Å². The van der Waals surface area contributed by atoms with Crippen molar-refractivity contribution < 1.29 is 24.5 Å². The number of rotatable bonds is 3. The molecule has 0 bridgehead atoms. The van der Waals surface area contributed by atoms with Gasteiger partial charge in [0.25, 0.3) is 0 Å². The van der Waals surface area contributed by atoms with Crippen LogP contribution < -0.4 is 11.1 Å². The number of phenolic OH excluding ortho intramolecular Hbond substituents is 1. The number of nitrogen functional groups attached to an aromatic ring is 1. The molecular formula is C13H18N2O5. The molecule has 0 aromatic heterocycles. The lowest BCUT2D eigenvalue weighted by Gasteiger charge is -2.22. The van der Waals surface area contributed by atoms with E-state index in [1.807, 2.05) is 0 Å². The highest BCUT2D eigenvalue weighted by atomic mass is 16.6. The predicted molar refractivity (Wildman–Crippen MR) is 72.3 cm³/mol. The molecule has 1 aromatic rings. The van der Waals surface area contributed by atoms with Gasteiger partial charge in [0.05, 0.1) is 5.69 Å². The standard InChI is InChI=1S/C13H18N2O5/c1-13(2,3)20-12(19)15-10(11(17)18)7-4-5-9(16)8(14)6-7/h4-6,10,16H,14H2,1-3H3,(H,15,19)(H,17,18)/t10-/m1/s1. The summed E-state index contributed by atoms with van der Waals surface area (Å²) in [6.07, 6.45) is -0.850. The summed E-state index contributed by atoms with van der Waals surface area (Å²) in [6, 6.07) is 2.60. The van der Waals surface area contributed by atoms with Gasteiger partial charge < -0.3 is 26.0 Å². The van der Waals surface area contributed by atoms with Crippen molar-refractivity contribution in [3.8, 4) is 5.75 Å². The Kier molecular flexibility index (Phi) is 4.44. The maximum Gasteiger partial charge on any atom is 0.408 e. The third kappa shape index (κ3) is 4.34. The number of carbonyl (C=O) groups is 2. The summed E-state index contributed by atoms with van der Waals surface area (Å²) in [5.74, 6) is -1.42. The van der Waals surface area contributed by atoms with Gasteiger partial charge in [-0.1, -0.05) is 6.07 Å². The lowest BCUT2D eigenvalue weighted by atomic mass is 10.1. The summed E-state index contributed by atoms with van der Waals surface area (Å²) in [7, 11) is 0. The Morgan fingerprint density at radius 1 is 1.35 bits per heavy atom. The molecule has 20 heavy (non-hydrogen) atoms. The molecule has 7 nitrogen and oxygen atoms in total. The van der Waals surface area contributed by atoms with Gasteiger partial charge in [0.1, 0.15) is 11.4 Å². The number of carboxylic acid groups (broad SMARTS) is 1. The number of ether oxygens (including phenoxy) is 1. The molecule has 0 aliphatic carbocycles. The van der Waals surface area contributed by atoms with E-state index in [9.17, 15) is 14.7 Å². The Labute approximate surface area is 116 Å². The normalized spacial score (nSPS) is 12.6. The smallest absolute Gasteiger partial charge is 0.408 e. The Balaban J connectivity index is 2.92. The molecule has 5 N–H and O–H groups in total. The van der Waals surface area contributed by atoms with Crippen LogP contribution in [0.5, 0.6) is 5.75 Å². The Morgan fingerprint density at radius 2 is 1.95 bits per heavy atom. The second-order valence-electron chi connectivity index (χ2n) is 5.24. The zero-order valence-corrected chi connectivity index (χ0v) is 11.5. The van der Waals surface area contributed by atoms with Crippen LogP contribution in [0, 0.1) is 0 Å². The van der Waals surface area contributed by atoms with Crippen LogP contribution in [0.15, 0.2) is 18.2 Å². The topological polar surface area (TPSA) is 122 Å². The van der Waals surface area contributed by atoms with Crippen molar-refractivity contribution in [1.82, 2.24) is 5.32 Å². The first-order chi connectivity index (χ1) is 9.10. The Morgan fingerprint density at radius 3 is 2.40 bits per heavy atom. The number of alkyl carbamates (subject to hydrolysis) is 1. The van der Waals surface area contributed by atoms with Crippen LogP contribution in [-0.2, 0) is 9.53 Å². The van der Waals surface area contributed by atoms with Gasteiger partial charge in [0, 0.05) is 0 Å². The van der Waals surface area contributed by atoms with Crippen LogP contribution >= 0.6 is 0 Å². The average Bonchev–Trinajstić information content (AvgIpc) is 2.27. The van der Waals surface area contributed by atoms with Crippen LogP contribution in [0.3, 0.4) is 0 Å². The van der Waals surface area contributed by atoms with Gasteiger partial charge in [-0.3, -0.25) is 0 Å². The van der Waals surface area contributed by atoms with Crippen LogP contribution in [0.2, 0.25) is 0 Å². The summed E-state index contributed by atoms with van der Waals surface area (Å²) in [6.45, 7) is 5.00. The van der Waals surface area contributed by atoms with Crippen LogP contribution in [0.4, 0.5) is 10.5 Å². The molecule has 0 fully saturated rings. The molecule has 1 aromatic carbocycles. The number of carbonyl (C=O) groups excluding carboxylic acids is 1. The van der Waals surface area contributed by atoms with E-state index >= 15 is 0 Å². The number of benzene rings is 1. The van der Waals surface area contributed by atoms with E-state index in [0.717, 1.165) is 0 Å². The number of aliphatic carboxylic acids is 1. The zero-order valence-electron chi connectivity index (χ0n) is 11.5. The summed E-state index contributed by atoms with van der Waals surface area (Å²) in [5.41, 5.74) is 5.03. The summed E-state index contributed by atoms with van der Waals surface area (Å²) >= 11 is 0. The SMILES string of the molecule is CC(C)(C)OC(=O)N[C@@H](C(=O)O)c1ccc(O)c(N)c1. The van der Waals surface area contributed by atoms with E-state index in [-0.39, 0.29) is 17.0 Å². The van der Waals surface area contributed by atoms with Gasteiger partial charge >= 0.3 is 12.1 Å².